The highest BCUT2D eigenvalue weighted by molar-refractivity contribution is 5.75. The number of pyridine rings is 1. The number of hydrogen-bond donors (Lipinski definition) is 0. The van der Waals surface area contributed by atoms with Crippen molar-refractivity contribution in [2.24, 2.45) is 0 Å². The number of anilines is 1. The van der Waals surface area contributed by atoms with Crippen LogP contribution in [-0.2, 0) is 20.7 Å². The molecular weight excluding hydrogens is 430 g/mol. The van der Waals surface area contributed by atoms with Gasteiger partial charge in [0.05, 0.1) is 11.5 Å². The molecule has 1 saturated heterocycles. The summed E-state index contributed by atoms with van der Waals surface area (Å²) in [5, 5.41) is 11.9. The van der Waals surface area contributed by atoms with Crippen molar-refractivity contribution in [3.63, 3.8) is 0 Å². The van der Waals surface area contributed by atoms with Gasteiger partial charge < -0.3 is 23.9 Å². The lowest BCUT2D eigenvalue weighted by molar-refractivity contribution is -0.385. The predicted octanol–water partition coefficient (Wildman–Crippen LogP) is 4.45. The predicted molar refractivity (Wildman–Crippen MR) is 120 cm³/mol. The average Bonchev–Trinajstić information content (AvgIpc) is 2.79. The minimum absolute atomic E-state index is 0.0983. The third-order valence-electron chi connectivity index (χ3n) is 5.26. The molecule has 1 fully saturated rings. The number of Topliss-reactive ketones (excluding diaryl/α,β-unsaturated/α-hetero) is 1. The molecule has 33 heavy (non-hydrogen) atoms. The van der Waals surface area contributed by atoms with Crippen LogP contribution in [0.25, 0.3) is 0 Å². The number of ether oxygens (including phenoxy) is 3. The summed E-state index contributed by atoms with van der Waals surface area (Å²) in [4.78, 5) is 40.0. The molecule has 0 aliphatic carbocycles. The third-order valence-corrected chi connectivity index (χ3v) is 5.26. The minimum atomic E-state index is -0.700. The van der Waals surface area contributed by atoms with Crippen molar-refractivity contribution in [2.75, 3.05) is 24.6 Å². The van der Waals surface area contributed by atoms with Crippen molar-refractivity contribution in [2.45, 2.75) is 45.6 Å². The molecule has 0 atom stereocenters. The number of nitrogens with zero attached hydrogens (tertiary/aromatic N) is 3. The van der Waals surface area contributed by atoms with Gasteiger partial charge in [-0.25, -0.2) is 9.78 Å². The van der Waals surface area contributed by atoms with Crippen LogP contribution in [0.4, 0.5) is 16.2 Å². The lowest BCUT2D eigenvalue weighted by atomic mass is 10.1. The van der Waals surface area contributed by atoms with E-state index in [2.05, 4.69) is 4.98 Å². The molecule has 2 aromatic rings. The molecule has 176 valence electrons. The van der Waals surface area contributed by atoms with Gasteiger partial charge in [0.15, 0.2) is 0 Å². The summed E-state index contributed by atoms with van der Waals surface area (Å²) in [6.07, 6.45) is 2.61. The number of aryl methyl sites for hydroxylation is 1. The van der Waals surface area contributed by atoms with Gasteiger partial charge in [0.2, 0.25) is 0 Å². The number of nitro groups is 1. The third kappa shape index (κ3) is 6.64. The highest BCUT2D eigenvalue weighted by atomic mass is 16.7. The molecular formula is C23H27N3O7. The molecule has 10 nitrogen and oxygen atoms in total. The first-order valence-corrected chi connectivity index (χ1v) is 10.8. The quantitative estimate of drug-likeness (QED) is 0.305. The normalized spacial score (nSPS) is 13.9. The number of rotatable bonds is 9. The molecule has 3 rings (SSSR count). The summed E-state index contributed by atoms with van der Waals surface area (Å²) in [5.41, 5.74) is 1.15. The maximum atomic E-state index is 11.9. The summed E-state index contributed by atoms with van der Waals surface area (Å²) in [6.45, 7) is 4.43. The lowest BCUT2D eigenvalue weighted by Gasteiger charge is -2.32. The number of hydrogen-bond acceptors (Lipinski definition) is 9. The van der Waals surface area contributed by atoms with E-state index in [1.54, 1.807) is 32.0 Å². The molecule has 0 unspecified atom stereocenters. The first kappa shape index (κ1) is 24.0. The van der Waals surface area contributed by atoms with Crippen LogP contribution in [0.2, 0.25) is 0 Å². The highest BCUT2D eigenvalue weighted by Gasteiger charge is 2.30. The lowest BCUT2D eigenvalue weighted by Crippen LogP contribution is -2.38. The summed E-state index contributed by atoms with van der Waals surface area (Å²) in [6, 6.07) is 8.63. The largest absolute Gasteiger partial charge is 0.508 e. The summed E-state index contributed by atoms with van der Waals surface area (Å²) in [7, 11) is 0. The van der Waals surface area contributed by atoms with Gasteiger partial charge in [-0.3, -0.25) is 10.1 Å². The van der Waals surface area contributed by atoms with Crippen LogP contribution in [0.3, 0.4) is 0 Å². The van der Waals surface area contributed by atoms with Gasteiger partial charge in [0, 0.05) is 38.5 Å². The average molecular weight is 457 g/mol. The second-order valence-electron chi connectivity index (χ2n) is 7.68. The van der Waals surface area contributed by atoms with Gasteiger partial charge in [-0.2, -0.15) is 0 Å². The topological polar surface area (TPSA) is 121 Å². The van der Waals surface area contributed by atoms with E-state index in [4.69, 9.17) is 14.2 Å². The van der Waals surface area contributed by atoms with Crippen molar-refractivity contribution < 1.29 is 28.7 Å². The highest BCUT2D eigenvalue weighted by Crippen LogP contribution is 2.38. The molecule has 0 radical (unpaired) electrons. The van der Waals surface area contributed by atoms with Crippen molar-refractivity contribution >= 4 is 23.3 Å². The van der Waals surface area contributed by atoms with Gasteiger partial charge in [0.25, 0.3) is 0 Å². The Morgan fingerprint density at radius 2 is 1.88 bits per heavy atom. The van der Waals surface area contributed by atoms with Crippen LogP contribution in [-0.4, -0.2) is 47.6 Å². The molecule has 1 aromatic heterocycles. The molecule has 0 spiro atoms. The van der Waals surface area contributed by atoms with Gasteiger partial charge >= 0.3 is 17.7 Å². The second-order valence-corrected chi connectivity index (χ2v) is 7.68. The standard InChI is InChI=1S/C23H27N3O7/c1-3-31-23(28)33-19-11-14-25(15-12-19)20-10-13-24-22(21(20)26(29)30)32-18-8-6-17(7-9-18)5-4-16(2)27/h6-10,13,19H,3-5,11-12,14-15H2,1-2H3. The Hall–Kier alpha value is -3.69. The maximum Gasteiger partial charge on any atom is 0.508 e. The van der Waals surface area contributed by atoms with E-state index in [0.717, 1.165) is 5.56 Å². The zero-order valence-corrected chi connectivity index (χ0v) is 18.7. The van der Waals surface area contributed by atoms with E-state index >= 15 is 0 Å². The fourth-order valence-corrected chi connectivity index (χ4v) is 3.59. The van der Waals surface area contributed by atoms with Crippen molar-refractivity contribution in [1.82, 2.24) is 4.98 Å². The van der Waals surface area contributed by atoms with Gasteiger partial charge in [-0.15, -0.1) is 0 Å². The van der Waals surface area contributed by atoms with Gasteiger partial charge in [-0.05, 0) is 44.0 Å². The summed E-state index contributed by atoms with van der Waals surface area (Å²) >= 11 is 0. The number of benzene rings is 1. The Morgan fingerprint density at radius 3 is 2.48 bits per heavy atom. The molecule has 10 heteroatoms. The molecule has 1 aliphatic rings. The Balaban J connectivity index is 1.71. The van der Waals surface area contributed by atoms with E-state index in [0.29, 0.717) is 50.2 Å². The molecule has 1 aliphatic heterocycles. The van der Waals surface area contributed by atoms with Gasteiger partial charge in [0.1, 0.15) is 23.3 Å². The molecule has 1 aromatic carbocycles. The van der Waals surface area contributed by atoms with Crippen LogP contribution in [0, 0.1) is 10.1 Å². The van der Waals surface area contributed by atoms with Crippen LogP contribution >= 0.6 is 0 Å². The number of piperidine rings is 1. The maximum absolute atomic E-state index is 11.9. The van der Waals surface area contributed by atoms with E-state index < -0.39 is 11.1 Å². The van der Waals surface area contributed by atoms with Crippen molar-refractivity contribution in [1.29, 1.82) is 0 Å². The smallest absolute Gasteiger partial charge is 0.435 e. The SMILES string of the molecule is CCOC(=O)OC1CCN(c2ccnc(Oc3ccc(CCC(C)=O)cc3)c2[N+](=O)[O-])CC1. The zero-order valence-electron chi connectivity index (χ0n) is 18.7. The monoisotopic (exact) mass is 457 g/mol. The molecule has 0 saturated carbocycles. The Kier molecular flexibility index (Phi) is 8.17. The number of carbonyl (C=O) groups is 2. The summed E-state index contributed by atoms with van der Waals surface area (Å²) < 4.78 is 15.8. The van der Waals surface area contributed by atoms with E-state index in [9.17, 15) is 19.7 Å². The number of aromatic nitrogens is 1. The van der Waals surface area contributed by atoms with Crippen LogP contribution in [0.5, 0.6) is 11.6 Å². The first-order chi connectivity index (χ1) is 15.9. The van der Waals surface area contributed by atoms with Crippen LogP contribution < -0.4 is 9.64 Å². The Labute approximate surface area is 191 Å². The van der Waals surface area contributed by atoms with Crippen LogP contribution in [0.15, 0.2) is 36.5 Å². The second kappa shape index (κ2) is 11.3. The van der Waals surface area contributed by atoms with Gasteiger partial charge in [-0.1, -0.05) is 12.1 Å². The zero-order chi connectivity index (χ0) is 23.8. The van der Waals surface area contributed by atoms with E-state index in [1.807, 2.05) is 17.0 Å². The molecule has 0 N–H and O–H groups in total. The fourth-order valence-electron chi connectivity index (χ4n) is 3.59. The van der Waals surface area contributed by atoms with Crippen molar-refractivity contribution in [3.8, 4) is 11.6 Å². The first-order valence-electron chi connectivity index (χ1n) is 10.8. The van der Waals surface area contributed by atoms with E-state index in [-0.39, 0.29) is 30.1 Å². The molecule has 0 bridgehead atoms. The van der Waals surface area contributed by atoms with Crippen molar-refractivity contribution in [3.05, 3.63) is 52.2 Å². The molecule has 0 amide bonds. The Bertz CT molecular complexity index is 986. The molecule has 2 heterocycles. The Morgan fingerprint density at radius 1 is 1.18 bits per heavy atom. The van der Waals surface area contributed by atoms with E-state index in [1.165, 1.54) is 6.20 Å². The van der Waals surface area contributed by atoms with Crippen LogP contribution in [0.1, 0.15) is 38.7 Å². The number of ketones is 1. The minimum Gasteiger partial charge on any atom is -0.435 e. The summed E-state index contributed by atoms with van der Waals surface area (Å²) in [5.74, 6) is 0.429. The fraction of sp³-hybridized carbons (Fsp3) is 0.435. The number of carbonyl (C=O) groups excluding carboxylic acids is 2.